The van der Waals surface area contributed by atoms with Crippen molar-refractivity contribution in [3.8, 4) is 0 Å². The predicted octanol–water partition coefficient (Wildman–Crippen LogP) is 2.15. The van der Waals surface area contributed by atoms with Gasteiger partial charge in [-0.25, -0.2) is 9.97 Å². The zero-order valence-electron chi connectivity index (χ0n) is 15.2. The number of hydrogen-bond acceptors (Lipinski definition) is 5. The van der Waals surface area contributed by atoms with Crippen molar-refractivity contribution in [3.63, 3.8) is 0 Å². The maximum Gasteiger partial charge on any atom is 0.225 e. The lowest BCUT2D eigenvalue weighted by atomic mass is 10.1. The van der Waals surface area contributed by atoms with Gasteiger partial charge in [0.2, 0.25) is 5.95 Å². The van der Waals surface area contributed by atoms with Crippen LogP contribution in [0, 0.1) is 0 Å². The highest BCUT2D eigenvalue weighted by Crippen LogP contribution is 2.15. The van der Waals surface area contributed by atoms with E-state index in [1.165, 1.54) is 5.56 Å². The van der Waals surface area contributed by atoms with Gasteiger partial charge in [0.1, 0.15) is 0 Å². The number of benzene rings is 1. The van der Waals surface area contributed by atoms with Crippen LogP contribution in [0.1, 0.15) is 12.5 Å². The van der Waals surface area contributed by atoms with Crippen LogP contribution >= 0.6 is 12.2 Å². The highest BCUT2D eigenvalue weighted by molar-refractivity contribution is 7.80. The number of aromatic nitrogens is 2. The van der Waals surface area contributed by atoms with Gasteiger partial charge in [-0.3, -0.25) is 4.90 Å². The summed E-state index contributed by atoms with van der Waals surface area (Å²) >= 11 is 5.43. The first-order chi connectivity index (χ1) is 12.8. The second-order valence-electron chi connectivity index (χ2n) is 6.27. The summed E-state index contributed by atoms with van der Waals surface area (Å²) in [4.78, 5) is 13.3. The Morgan fingerprint density at radius 1 is 1.08 bits per heavy atom. The summed E-state index contributed by atoms with van der Waals surface area (Å²) in [6.07, 6.45) is 4.58. The average Bonchev–Trinajstić information content (AvgIpc) is 2.69. The Labute approximate surface area is 160 Å². The number of aryl methyl sites for hydroxylation is 1. The van der Waals surface area contributed by atoms with Crippen molar-refractivity contribution in [3.05, 3.63) is 48.3 Å². The minimum Gasteiger partial charge on any atom is -0.361 e. The smallest absolute Gasteiger partial charge is 0.225 e. The zero-order valence-corrected chi connectivity index (χ0v) is 16.0. The van der Waals surface area contributed by atoms with Crippen LogP contribution in [0.25, 0.3) is 0 Å². The van der Waals surface area contributed by atoms with Crippen molar-refractivity contribution in [2.45, 2.75) is 13.3 Å². The van der Waals surface area contributed by atoms with Gasteiger partial charge in [0.15, 0.2) is 5.11 Å². The molecular weight excluding hydrogens is 344 g/mol. The molecule has 0 unspecified atom stereocenters. The van der Waals surface area contributed by atoms with Gasteiger partial charge in [-0.2, -0.15) is 0 Å². The van der Waals surface area contributed by atoms with E-state index in [-0.39, 0.29) is 0 Å². The SMILES string of the molecule is CCc1ccccc1NC(=S)NCCN1CCN(c2ncccn2)CC1. The molecule has 0 aliphatic carbocycles. The fourth-order valence-electron chi connectivity index (χ4n) is 3.07. The van der Waals surface area contributed by atoms with Gasteiger partial charge in [0, 0.05) is 57.3 Å². The van der Waals surface area contributed by atoms with Gasteiger partial charge in [0.05, 0.1) is 0 Å². The quantitative estimate of drug-likeness (QED) is 0.756. The number of nitrogens with one attached hydrogen (secondary N) is 2. The average molecular weight is 371 g/mol. The van der Waals surface area contributed by atoms with E-state index in [0.717, 1.165) is 57.3 Å². The van der Waals surface area contributed by atoms with Crippen LogP contribution in [-0.2, 0) is 6.42 Å². The molecule has 0 radical (unpaired) electrons. The lowest BCUT2D eigenvalue weighted by molar-refractivity contribution is 0.260. The molecule has 7 heteroatoms. The van der Waals surface area contributed by atoms with Gasteiger partial charge < -0.3 is 15.5 Å². The topological polar surface area (TPSA) is 56.3 Å². The Bertz CT molecular complexity index is 700. The number of rotatable bonds is 6. The zero-order chi connectivity index (χ0) is 18.2. The summed E-state index contributed by atoms with van der Waals surface area (Å²) in [5.74, 6) is 0.824. The molecule has 3 rings (SSSR count). The second kappa shape index (κ2) is 9.45. The Hall–Kier alpha value is -2.25. The molecule has 1 fully saturated rings. The van der Waals surface area contributed by atoms with E-state index in [4.69, 9.17) is 12.2 Å². The highest BCUT2D eigenvalue weighted by Gasteiger charge is 2.18. The molecule has 1 saturated heterocycles. The molecule has 0 saturated carbocycles. The fraction of sp³-hybridized carbons (Fsp3) is 0.421. The first kappa shape index (κ1) is 18.5. The third kappa shape index (κ3) is 5.12. The maximum atomic E-state index is 5.43. The van der Waals surface area contributed by atoms with E-state index in [1.54, 1.807) is 12.4 Å². The van der Waals surface area contributed by atoms with Crippen molar-refractivity contribution >= 4 is 29.0 Å². The molecule has 1 aliphatic rings. The minimum atomic E-state index is 0.683. The first-order valence-corrected chi connectivity index (χ1v) is 9.54. The third-order valence-corrected chi connectivity index (χ3v) is 4.81. The standard InChI is InChI=1S/C19H26N6S/c1-2-16-6-3-4-7-17(16)23-19(26)22-10-11-24-12-14-25(15-13-24)18-20-8-5-9-21-18/h3-9H,2,10-15H2,1H3,(H2,22,23,26). The Kier molecular flexibility index (Phi) is 6.74. The molecule has 2 heterocycles. The number of thiocarbonyl (C=S) groups is 1. The molecule has 1 aromatic heterocycles. The number of hydrogen-bond donors (Lipinski definition) is 2. The Balaban J connectivity index is 1.37. The van der Waals surface area contributed by atoms with Gasteiger partial charge in [-0.05, 0) is 36.3 Å². The third-order valence-electron chi connectivity index (χ3n) is 4.57. The number of para-hydroxylation sites is 1. The number of piperazine rings is 1. The largest absolute Gasteiger partial charge is 0.361 e. The van der Waals surface area contributed by atoms with E-state index in [0.29, 0.717) is 5.11 Å². The summed E-state index contributed by atoms with van der Waals surface area (Å²) < 4.78 is 0. The molecule has 6 nitrogen and oxygen atoms in total. The summed E-state index contributed by atoms with van der Waals surface area (Å²) in [5.41, 5.74) is 2.36. The van der Waals surface area contributed by atoms with Crippen LogP contribution in [0.4, 0.5) is 11.6 Å². The van der Waals surface area contributed by atoms with Crippen molar-refractivity contribution in [1.29, 1.82) is 0 Å². The summed E-state index contributed by atoms with van der Waals surface area (Å²) in [6.45, 7) is 7.89. The van der Waals surface area contributed by atoms with Crippen molar-refractivity contribution < 1.29 is 0 Å². The van der Waals surface area contributed by atoms with Gasteiger partial charge in [-0.15, -0.1) is 0 Å². The predicted molar refractivity (Wildman–Crippen MR) is 111 cm³/mol. The van der Waals surface area contributed by atoms with E-state index in [1.807, 2.05) is 12.1 Å². The van der Waals surface area contributed by atoms with Crippen LogP contribution in [0.3, 0.4) is 0 Å². The van der Waals surface area contributed by atoms with Gasteiger partial charge >= 0.3 is 0 Å². The van der Waals surface area contributed by atoms with E-state index < -0.39 is 0 Å². The fourth-order valence-corrected chi connectivity index (χ4v) is 3.28. The summed E-state index contributed by atoms with van der Waals surface area (Å²) in [7, 11) is 0. The lowest BCUT2D eigenvalue weighted by Crippen LogP contribution is -2.49. The number of anilines is 2. The molecule has 26 heavy (non-hydrogen) atoms. The summed E-state index contributed by atoms with van der Waals surface area (Å²) in [5, 5.41) is 7.30. The molecule has 0 spiro atoms. The lowest BCUT2D eigenvalue weighted by Gasteiger charge is -2.34. The molecule has 138 valence electrons. The Morgan fingerprint density at radius 2 is 1.81 bits per heavy atom. The number of nitrogens with zero attached hydrogens (tertiary/aromatic N) is 4. The molecule has 0 atom stereocenters. The molecule has 0 amide bonds. The minimum absolute atomic E-state index is 0.683. The molecule has 2 N–H and O–H groups in total. The Morgan fingerprint density at radius 3 is 2.54 bits per heavy atom. The van der Waals surface area contributed by atoms with Crippen molar-refractivity contribution in [2.24, 2.45) is 0 Å². The first-order valence-electron chi connectivity index (χ1n) is 9.13. The normalized spacial score (nSPS) is 14.9. The van der Waals surface area contributed by atoms with E-state index in [2.05, 4.69) is 55.5 Å². The monoisotopic (exact) mass is 370 g/mol. The molecule has 1 aliphatic heterocycles. The highest BCUT2D eigenvalue weighted by atomic mass is 32.1. The van der Waals surface area contributed by atoms with Crippen LogP contribution in [0.5, 0.6) is 0 Å². The van der Waals surface area contributed by atoms with Crippen LogP contribution in [0.2, 0.25) is 0 Å². The van der Waals surface area contributed by atoms with E-state index in [9.17, 15) is 0 Å². The maximum absolute atomic E-state index is 5.43. The van der Waals surface area contributed by atoms with Gasteiger partial charge in [-0.1, -0.05) is 25.1 Å². The van der Waals surface area contributed by atoms with Gasteiger partial charge in [0.25, 0.3) is 0 Å². The van der Waals surface area contributed by atoms with Crippen LogP contribution in [-0.4, -0.2) is 59.2 Å². The molecule has 1 aromatic carbocycles. The van der Waals surface area contributed by atoms with E-state index >= 15 is 0 Å². The summed E-state index contributed by atoms with van der Waals surface area (Å²) in [6, 6.07) is 10.1. The van der Waals surface area contributed by atoms with Crippen LogP contribution < -0.4 is 15.5 Å². The van der Waals surface area contributed by atoms with Crippen LogP contribution in [0.15, 0.2) is 42.7 Å². The molecule has 0 bridgehead atoms. The second-order valence-corrected chi connectivity index (χ2v) is 6.68. The van der Waals surface area contributed by atoms with Crippen molar-refractivity contribution in [2.75, 3.05) is 49.5 Å². The molecular formula is C19H26N6S. The molecule has 2 aromatic rings. The van der Waals surface area contributed by atoms with Crippen molar-refractivity contribution in [1.82, 2.24) is 20.2 Å².